The molecule has 19 heavy (non-hydrogen) atoms. The first-order chi connectivity index (χ1) is 8.63. The SMILES string of the molecule is CC(C)(C)CC(CN)C(=O)NCC1CCS(=O)(=O)C1. The second-order valence-electron chi connectivity index (χ2n) is 6.71. The fourth-order valence-electron chi connectivity index (χ4n) is 2.44. The lowest BCUT2D eigenvalue weighted by molar-refractivity contribution is -0.125. The van der Waals surface area contributed by atoms with Gasteiger partial charge in [-0.05, 0) is 24.2 Å². The molecular formula is C13H26N2O3S. The molecule has 3 N–H and O–H groups in total. The van der Waals surface area contributed by atoms with Gasteiger partial charge >= 0.3 is 0 Å². The molecule has 2 atom stereocenters. The molecule has 0 radical (unpaired) electrons. The van der Waals surface area contributed by atoms with Crippen molar-refractivity contribution in [3.8, 4) is 0 Å². The maximum absolute atomic E-state index is 12.0. The average Bonchev–Trinajstić information content (AvgIpc) is 2.61. The van der Waals surface area contributed by atoms with Crippen molar-refractivity contribution in [3.63, 3.8) is 0 Å². The standard InChI is InChI=1S/C13H26N2O3S/c1-13(2,3)6-11(7-14)12(16)15-8-10-4-5-19(17,18)9-10/h10-11H,4-9,14H2,1-3H3,(H,15,16). The molecule has 0 aromatic heterocycles. The molecule has 2 unspecified atom stereocenters. The van der Waals surface area contributed by atoms with Crippen LogP contribution in [0.1, 0.15) is 33.6 Å². The van der Waals surface area contributed by atoms with Gasteiger partial charge in [0, 0.05) is 13.1 Å². The quantitative estimate of drug-likeness (QED) is 0.774. The number of nitrogens with one attached hydrogen (secondary N) is 1. The summed E-state index contributed by atoms with van der Waals surface area (Å²) < 4.78 is 22.7. The van der Waals surface area contributed by atoms with E-state index in [0.29, 0.717) is 19.5 Å². The van der Waals surface area contributed by atoms with E-state index >= 15 is 0 Å². The Morgan fingerprint density at radius 2 is 2.05 bits per heavy atom. The Labute approximate surface area is 116 Å². The Hall–Kier alpha value is -0.620. The summed E-state index contributed by atoms with van der Waals surface area (Å²) in [5, 5.41) is 2.85. The number of carbonyl (C=O) groups is 1. The van der Waals surface area contributed by atoms with Gasteiger partial charge in [0.1, 0.15) is 0 Å². The largest absolute Gasteiger partial charge is 0.356 e. The van der Waals surface area contributed by atoms with E-state index in [0.717, 1.165) is 6.42 Å². The highest BCUT2D eigenvalue weighted by Gasteiger charge is 2.29. The lowest BCUT2D eigenvalue weighted by Gasteiger charge is -2.24. The number of hydrogen-bond acceptors (Lipinski definition) is 4. The lowest BCUT2D eigenvalue weighted by atomic mass is 9.84. The number of rotatable bonds is 5. The van der Waals surface area contributed by atoms with Crippen LogP contribution >= 0.6 is 0 Å². The molecule has 5 nitrogen and oxygen atoms in total. The molecule has 0 aromatic rings. The Morgan fingerprint density at radius 1 is 1.42 bits per heavy atom. The predicted octanol–water partition coefficient (Wildman–Crippen LogP) is 0.548. The van der Waals surface area contributed by atoms with Gasteiger partial charge in [-0.25, -0.2) is 8.42 Å². The van der Waals surface area contributed by atoms with E-state index in [9.17, 15) is 13.2 Å². The smallest absolute Gasteiger partial charge is 0.224 e. The Bertz CT molecular complexity index is 412. The van der Waals surface area contributed by atoms with Gasteiger partial charge in [-0.1, -0.05) is 20.8 Å². The minimum Gasteiger partial charge on any atom is -0.356 e. The summed E-state index contributed by atoms with van der Waals surface area (Å²) in [6.45, 7) is 7.00. The molecule has 112 valence electrons. The molecule has 0 aromatic carbocycles. The Kier molecular flexibility index (Phi) is 5.38. The van der Waals surface area contributed by atoms with E-state index in [1.807, 2.05) is 0 Å². The molecule has 1 heterocycles. The van der Waals surface area contributed by atoms with Gasteiger partial charge in [-0.2, -0.15) is 0 Å². The monoisotopic (exact) mass is 290 g/mol. The fourth-order valence-corrected chi connectivity index (χ4v) is 4.31. The molecule has 1 saturated heterocycles. The van der Waals surface area contributed by atoms with Gasteiger partial charge in [0.2, 0.25) is 5.91 Å². The Morgan fingerprint density at radius 3 is 2.47 bits per heavy atom. The third kappa shape index (κ3) is 5.91. The molecule has 0 saturated carbocycles. The molecule has 1 rings (SSSR count). The van der Waals surface area contributed by atoms with Gasteiger partial charge in [0.25, 0.3) is 0 Å². The van der Waals surface area contributed by atoms with Crippen LogP contribution in [0.3, 0.4) is 0 Å². The zero-order chi connectivity index (χ0) is 14.7. The number of sulfone groups is 1. The molecule has 1 aliphatic heterocycles. The van der Waals surface area contributed by atoms with Crippen molar-refractivity contribution in [2.75, 3.05) is 24.6 Å². The van der Waals surface area contributed by atoms with Gasteiger partial charge in [0.15, 0.2) is 9.84 Å². The fraction of sp³-hybridized carbons (Fsp3) is 0.923. The first-order valence-corrected chi connectivity index (χ1v) is 8.63. The van der Waals surface area contributed by atoms with E-state index < -0.39 is 9.84 Å². The summed E-state index contributed by atoms with van der Waals surface area (Å²) in [6.07, 6.45) is 1.38. The molecule has 0 spiro atoms. The summed E-state index contributed by atoms with van der Waals surface area (Å²) in [7, 11) is -2.87. The van der Waals surface area contributed by atoms with Crippen molar-refractivity contribution in [1.82, 2.24) is 5.32 Å². The molecule has 1 amide bonds. The maximum atomic E-state index is 12.0. The lowest BCUT2D eigenvalue weighted by Crippen LogP contribution is -2.39. The third-order valence-corrected chi connectivity index (χ3v) is 5.24. The summed E-state index contributed by atoms with van der Waals surface area (Å²) in [5.74, 6) is 0.247. The van der Waals surface area contributed by atoms with Crippen molar-refractivity contribution >= 4 is 15.7 Å². The number of hydrogen-bond donors (Lipinski definition) is 2. The summed E-state index contributed by atoms with van der Waals surface area (Å²) in [4.78, 5) is 12.0. The third-order valence-electron chi connectivity index (χ3n) is 3.41. The van der Waals surface area contributed by atoms with E-state index in [4.69, 9.17) is 5.73 Å². The second-order valence-corrected chi connectivity index (χ2v) is 8.94. The van der Waals surface area contributed by atoms with Gasteiger partial charge in [0.05, 0.1) is 17.4 Å². The highest BCUT2D eigenvalue weighted by atomic mass is 32.2. The van der Waals surface area contributed by atoms with Crippen LogP contribution in [0.5, 0.6) is 0 Å². The minimum absolute atomic E-state index is 0.0536. The van der Waals surface area contributed by atoms with Gasteiger partial charge in [-0.15, -0.1) is 0 Å². The van der Waals surface area contributed by atoms with E-state index in [2.05, 4.69) is 26.1 Å². The molecule has 0 aliphatic carbocycles. The maximum Gasteiger partial charge on any atom is 0.224 e. The highest BCUT2D eigenvalue weighted by molar-refractivity contribution is 7.91. The summed E-state index contributed by atoms with van der Waals surface area (Å²) >= 11 is 0. The number of amides is 1. The molecule has 6 heteroatoms. The molecular weight excluding hydrogens is 264 g/mol. The predicted molar refractivity (Wildman–Crippen MR) is 76.4 cm³/mol. The van der Waals surface area contributed by atoms with E-state index in [1.165, 1.54) is 0 Å². The van der Waals surface area contributed by atoms with Crippen LogP contribution in [0.4, 0.5) is 0 Å². The Balaban J connectivity index is 2.42. The molecule has 0 bridgehead atoms. The zero-order valence-electron chi connectivity index (χ0n) is 12.1. The van der Waals surface area contributed by atoms with Crippen LogP contribution in [0.15, 0.2) is 0 Å². The number of nitrogens with two attached hydrogens (primary N) is 1. The van der Waals surface area contributed by atoms with Crippen molar-refractivity contribution in [2.24, 2.45) is 23.0 Å². The summed E-state index contributed by atoms with van der Waals surface area (Å²) in [5.41, 5.74) is 5.70. The number of carbonyl (C=O) groups excluding carboxylic acids is 1. The van der Waals surface area contributed by atoms with Crippen LogP contribution in [0, 0.1) is 17.3 Å². The van der Waals surface area contributed by atoms with Crippen molar-refractivity contribution in [1.29, 1.82) is 0 Å². The topological polar surface area (TPSA) is 89.3 Å². The summed E-state index contributed by atoms with van der Waals surface area (Å²) in [6, 6.07) is 0. The van der Waals surface area contributed by atoms with Gasteiger partial charge < -0.3 is 11.1 Å². The van der Waals surface area contributed by atoms with Crippen LogP contribution in [0.2, 0.25) is 0 Å². The normalized spacial score (nSPS) is 24.1. The van der Waals surface area contributed by atoms with Gasteiger partial charge in [-0.3, -0.25) is 4.79 Å². The van der Waals surface area contributed by atoms with Crippen LogP contribution < -0.4 is 11.1 Å². The van der Waals surface area contributed by atoms with E-state index in [-0.39, 0.29) is 34.7 Å². The van der Waals surface area contributed by atoms with Crippen LogP contribution in [-0.2, 0) is 14.6 Å². The second kappa shape index (κ2) is 6.22. The average molecular weight is 290 g/mol. The minimum atomic E-state index is -2.87. The van der Waals surface area contributed by atoms with Crippen molar-refractivity contribution in [3.05, 3.63) is 0 Å². The molecule has 1 aliphatic rings. The van der Waals surface area contributed by atoms with E-state index in [1.54, 1.807) is 0 Å². The van der Waals surface area contributed by atoms with Crippen molar-refractivity contribution in [2.45, 2.75) is 33.6 Å². The van der Waals surface area contributed by atoms with Crippen LogP contribution in [-0.4, -0.2) is 38.9 Å². The first-order valence-electron chi connectivity index (χ1n) is 6.81. The molecule has 1 fully saturated rings. The first kappa shape index (κ1) is 16.4. The highest BCUT2D eigenvalue weighted by Crippen LogP contribution is 2.24. The van der Waals surface area contributed by atoms with Crippen LogP contribution in [0.25, 0.3) is 0 Å². The van der Waals surface area contributed by atoms with Crippen molar-refractivity contribution < 1.29 is 13.2 Å². The zero-order valence-corrected chi connectivity index (χ0v) is 12.9.